The maximum atomic E-state index is 2.43. The van der Waals surface area contributed by atoms with Crippen LogP contribution in [0.3, 0.4) is 0 Å². The first-order valence-electron chi connectivity index (χ1n) is 14.8. The van der Waals surface area contributed by atoms with E-state index in [4.69, 9.17) is 0 Å². The molecule has 0 aliphatic rings. The number of rotatable bonds is 4. The summed E-state index contributed by atoms with van der Waals surface area (Å²) in [6.45, 7) is 6.90. The van der Waals surface area contributed by atoms with E-state index < -0.39 is 0 Å². The van der Waals surface area contributed by atoms with Crippen LogP contribution in [0.15, 0.2) is 152 Å². The Bertz CT molecular complexity index is 2010. The number of hydrogen-bond acceptors (Lipinski definition) is 0. The van der Waals surface area contributed by atoms with Gasteiger partial charge in [0.25, 0.3) is 0 Å². The Morgan fingerprint density at radius 2 is 0.667 bits per heavy atom. The maximum Gasteiger partial charge on any atom is -0.00263 e. The molecule has 0 saturated heterocycles. The first kappa shape index (κ1) is 26.0. The summed E-state index contributed by atoms with van der Waals surface area (Å²) in [5.41, 5.74) is 11.4. The fourth-order valence-electron chi connectivity index (χ4n) is 6.19. The van der Waals surface area contributed by atoms with Crippen molar-refractivity contribution in [2.75, 3.05) is 0 Å². The Labute approximate surface area is 248 Å². The Balaban J connectivity index is 1.48. The van der Waals surface area contributed by atoms with Crippen molar-refractivity contribution >= 4 is 21.5 Å². The van der Waals surface area contributed by atoms with Crippen molar-refractivity contribution in [2.45, 2.75) is 26.2 Å². The van der Waals surface area contributed by atoms with Gasteiger partial charge in [0.1, 0.15) is 0 Å². The minimum Gasteiger partial charge on any atom is -0.0622 e. The van der Waals surface area contributed by atoms with E-state index in [9.17, 15) is 0 Å². The lowest BCUT2D eigenvalue weighted by Gasteiger charge is -2.23. The van der Waals surface area contributed by atoms with Crippen LogP contribution in [0.25, 0.3) is 66.1 Å². The minimum atomic E-state index is 0.0474. The average Bonchev–Trinajstić information content (AvgIpc) is 3.04. The van der Waals surface area contributed by atoms with Gasteiger partial charge in [-0.15, -0.1) is 0 Å². The quantitative estimate of drug-likeness (QED) is 0.196. The van der Waals surface area contributed by atoms with Crippen LogP contribution in [0.1, 0.15) is 26.3 Å². The van der Waals surface area contributed by atoms with E-state index in [0.29, 0.717) is 0 Å². The molecule has 0 fully saturated rings. The Hall–Kier alpha value is -4.94. The van der Waals surface area contributed by atoms with Gasteiger partial charge in [0, 0.05) is 0 Å². The molecule has 0 unspecified atom stereocenters. The molecule has 0 spiro atoms. The largest absolute Gasteiger partial charge is 0.0622 e. The first-order chi connectivity index (χ1) is 20.5. The smallest absolute Gasteiger partial charge is 0.00263 e. The predicted molar refractivity (Wildman–Crippen MR) is 182 cm³/mol. The lowest BCUT2D eigenvalue weighted by Crippen LogP contribution is -2.10. The average molecular weight is 539 g/mol. The van der Waals surface area contributed by atoms with Gasteiger partial charge in [0.2, 0.25) is 0 Å². The van der Waals surface area contributed by atoms with E-state index in [2.05, 4.69) is 172 Å². The van der Waals surface area contributed by atoms with E-state index in [1.54, 1.807) is 0 Å². The summed E-state index contributed by atoms with van der Waals surface area (Å²) in [7, 11) is 0. The van der Waals surface area contributed by atoms with E-state index in [0.717, 1.165) is 0 Å². The third-order valence-electron chi connectivity index (χ3n) is 8.45. The molecule has 0 saturated carbocycles. The first-order valence-corrected chi connectivity index (χ1v) is 14.8. The van der Waals surface area contributed by atoms with Crippen LogP contribution in [0.4, 0.5) is 0 Å². The Morgan fingerprint density at radius 3 is 1.12 bits per heavy atom. The van der Waals surface area contributed by atoms with Gasteiger partial charge < -0.3 is 0 Å². The highest BCUT2D eigenvalue weighted by Gasteiger charge is 2.20. The third-order valence-corrected chi connectivity index (χ3v) is 8.45. The summed E-state index contributed by atoms with van der Waals surface area (Å²) >= 11 is 0. The molecule has 7 rings (SSSR count). The zero-order valence-corrected chi connectivity index (χ0v) is 24.4. The van der Waals surface area contributed by atoms with Gasteiger partial charge in [0.05, 0.1) is 0 Å². The fourth-order valence-corrected chi connectivity index (χ4v) is 6.19. The lowest BCUT2D eigenvalue weighted by molar-refractivity contribution is 0.591. The molecule has 0 aliphatic carbocycles. The predicted octanol–water partition coefficient (Wildman–Crippen LogP) is 12.0. The van der Waals surface area contributed by atoms with Crippen LogP contribution in [-0.4, -0.2) is 0 Å². The second-order valence-electron chi connectivity index (χ2n) is 12.2. The highest BCUT2D eigenvalue weighted by Crippen LogP contribution is 2.45. The minimum absolute atomic E-state index is 0.0474. The summed E-state index contributed by atoms with van der Waals surface area (Å²) in [5, 5.41) is 5.15. The molecule has 0 nitrogen and oxygen atoms in total. The van der Waals surface area contributed by atoms with Crippen molar-refractivity contribution in [3.8, 4) is 44.5 Å². The van der Waals surface area contributed by atoms with Crippen LogP contribution >= 0.6 is 0 Å². The van der Waals surface area contributed by atoms with Gasteiger partial charge in [0.15, 0.2) is 0 Å². The van der Waals surface area contributed by atoms with Crippen LogP contribution < -0.4 is 0 Å². The topological polar surface area (TPSA) is 0 Å². The van der Waals surface area contributed by atoms with E-state index in [1.807, 2.05) is 0 Å². The number of fused-ring (bicyclic) bond motifs is 2. The van der Waals surface area contributed by atoms with Gasteiger partial charge in [-0.1, -0.05) is 166 Å². The monoisotopic (exact) mass is 538 g/mol. The van der Waals surface area contributed by atoms with Crippen molar-refractivity contribution in [3.05, 3.63) is 157 Å². The molecule has 0 N–H and O–H groups in total. The van der Waals surface area contributed by atoms with E-state index >= 15 is 0 Å². The highest BCUT2D eigenvalue weighted by atomic mass is 14.2. The summed E-state index contributed by atoms with van der Waals surface area (Å²) in [6, 6.07) is 55.4. The standard InChI is InChI=1S/C42H34/c1-42(2,3)35-26-27-38-39(28-35)41(34-24-20-32(21-25-34)30-14-8-5-9-15-30)37-17-11-10-16-36(37)40(38)33-22-18-31(19-23-33)29-12-6-4-7-13-29/h4-28H,1-3H3. The molecule has 202 valence electrons. The molecular weight excluding hydrogens is 504 g/mol. The van der Waals surface area contributed by atoms with Crippen LogP contribution in [0, 0.1) is 0 Å². The molecule has 0 amide bonds. The highest BCUT2D eigenvalue weighted by molar-refractivity contribution is 6.21. The van der Waals surface area contributed by atoms with Crippen molar-refractivity contribution < 1.29 is 0 Å². The fraction of sp³-hybridized carbons (Fsp3) is 0.0952. The van der Waals surface area contributed by atoms with Crippen LogP contribution in [-0.2, 0) is 5.41 Å². The molecule has 7 aromatic rings. The molecule has 0 bridgehead atoms. The second-order valence-corrected chi connectivity index (χ2v) is 12.2. The molecule has 42 heavy (non-hydrogen) atoms. The van der Waals surface area contributed by atoms with Crippen molar-refractivity contribution in [1.82, 2.24) is 0 Å². The molecule has 0 aromatic heterocycles. The molecule has 0 radical (unpaired) electrons. The maximum absolute atomic E-state index is 2.43. The zero-order valence-electron chi connectivity index (χ0n) is 24.4. The van der Waals surface area contributed by atoms with Crippen LogP contribution in [0.5, 0.6) is 0 Å². The third kappa shape index (κ3) is 4.70. The molecule has 0 heterocycles. The van der Waals surface area contributed by atoms with Gasteiger partial charge in [-0.2, -0.15) is 0 Å². The summed E-state index contributed by atoms with van der Waals surface area (Å²) < 4.78 is 0. The summed E-state index contributed by atoms with van der Waals surface area (Å²) in [5.74, 6) is 0. The molecule has 0 atom stereocenters. The van der Waals surface area contributed by atoms with Crippen molar-refractivity contribution in [1.29, 1.82) is 0 Å². The van der Waals surface area contributed by atoms with Crippen LogP contribution in [0.2, 0.25) is 0 Å². The number of hydrogen-bond donors (Lipinski definition) is 0. The normalized spacial score (nSPS) is 11.7. The SMILES string of the molecule is CC(C)(C)c1ccc2c(-c3ccc(-c4ccccc4)cc3)c3ccccc3c(-c3ccc(-c4ccccc4)cc3)c2c1. The molecular formula is C42H34. The van der Waals surface area contributed by atoms with Crippen molar-refractivity contribution in [2.24, 2.45) is 0 Å². The second kappa shape index (κ2) is 10.5. The van der Waals surface area contributed by atoms with E-state index in [-0.39, 0.29) is 5.41 Å². The molecule has 0 heteroatoms. The number of benzene rings is 7. The Kier molecular flexibility index (Phi) is 6.48. The summed E-state index contributed by atoms with van der Waals surface area (Å²) in [4.78, 5) is 0. The van der Waals surface area contributed by atoms with Gasteiger partial charge in [-0.3, -0.25) is 0 Å². The summed E-state index contributed by atoms with van der Waals surface area (Å²) in [6.07, 6.45) is 0. The Morgan fingerprint density at radius 1 is 0.310 bits per heavy atom. The zero-order chi connectivity index (χ0) is 28.7. The van der Waals surface area contributed by atoms with Gasteiger partial charge >= 0.3 is 0 Å². The molecule has 0 aliphatic heterocycles. The van der Waals surface area contributed by atoms with Gasteiger partial charge in [-0.05, 0) is 83.1 Å². The van der Waals surface area contributed by atoms with Gasteiger partial charge in [-0.25, -0.2) is 0 Å². The van der Waals surface area contributed by atoms with Crippen molar-refractivity contribution in [3.63, 3.8) is 0 Å². The lowest BCUT2D eigenvalue weighted by atomic mass is 9.81. The molecule has 7 aromatic carbocycles. The van der Waals surface area contributed by atoms with E-state index in [1.165, 1.54) is 71.6 Å².